The molecule has 0 aliphatic carbocycles. The highest BCUT2D eigenvalue weighted by molar-refractivity contribution is 7.90. The van der Waals surface area contributed by atoms with Crippen molar-refractivity contribution < 1.29 is 22.7 Å². The molecule has 1 aliphatic heterocycles. The number of sulfone groups is 1. The summed E-state index contributed by atoms with van der Waals surface area (Å²) >= 11 is 0. The number of methoxy groups -OCH3 is 1. The second-order valence-electron chi connectivity index (χ2n) is 5.10. The number of fused-ring (bicyclic) bond motifs is 1. The van der Waals surface area contributed by atoms with Gasteiger partial charge in [0.05, 0.1) is 12.0 Å². The Morgan fingerprint density at radius 3 is 2.62 bits per heavy atom. The van der Waals surface area contributed by atoms with Gasteiger partial charge >= 0.3 is 5.97 Å². The van der Waals surface area contributed by atoms with Gasteiger partial charge < -0.3 is 9.64 Å². The van der Waals surface area contributed by atoms with Crippen molar-refractivity contribution in [2.24, 2.45) is 0 Å². The molecule has 2 rings (SSSR count). The van der Waals surface area contributed by atoms with E-state index >= 15 is 0 Å². The number of benzene rings is 1. The lowest BCUT2D eigenvalue weighted by Gasteiger charge is -2.28. The average molecular weight is 311 g/mol. The van der Waals surface area contributed by atoms with Crippen LogP contribution in [-0.4, -0.2) is 51.6 Å². The highest BCUT2D eigenvalue weighted by Crippen LogP contribution is 2.25. The summed E-state index contributed by atoms with van der Waals surface area (Å²) in [5, 5.41) is 0. The van der Waals surface area contributed by atoms with E-state index in [4.69, 9.17) is 0 Å². The fraction of sp³-hybridized carbons (Fsp3) is 0.429. The number of ether oxygens (including phenoxy) is 1. The second kappa shape index (κ2) is 5.48. The van der Waals surface area contributed by atoms with Gasteiger partial charge in [0.15, 0.2) is 9.84 Å². The molecule has 0 bridgehead atoms. The summed E-state index contributed by atoms with van der Waals surface area (Å²) in [6.45, 7) is 2.00. The number of nitrogens with zero attached hydrogens (tertiary/aromatic N) is 1. The molecule has 0 radical (unpaired) electrons. The zero-order valence-corrected chi connectivity index (χ0v) is 13.0. The lowest BCUT2D eigenvalue weighted by atomic mass is 9.97. The second-order valence-corrected chi connectivity index (χ2v) is 7.08. The van der Waals surface area contributed by atoms with Gasteiger partial charge in [-0.05, 0) is 30.5 Å². The van der Waals surface area contributed by atoms with Gasteiger partial charge in [-0.3, -0.25) is 9.59 Å². The molecule has 0 fully saturated rings. The molecular weight excluding hydrogens is 294 g/mol. The van der Waals surface area contributed by atoms with Gasteiger partial charge in [-0.2, -0.15) is 0 Å². The molecule has 0 spiro atoms. The SMILES string of the molecule is COC(=O)CN1CCc2cc(C)c(S(C)(=O)=O)cc2C1=O. The number of hydrogen-bond donors (Lipinski definition) is 0. The number of aryl methyl sites for hydroxylation is 1. The highest BCUT2D eigenvalue weighted by atomic mass is 32.2. The van der Waals surface area contributed by atoms with E-state index < -0.39 is 15.8 Å². The van der Waals surface area contributed by atoms with Crippen molar-refractivity contribution in [3.63, 3.8) is 0 Å². The number of hydrogen-bond acceptors (Lipinski definition) is 5. The molecule has 1 heterocycles. The largest absolute Gasteiger partial charge is 0.468 e. The van der Waals surface area contributed by atoms with Gasteiger partial charge in [-0.25, -0.2) is 8.42 Å². The van der Waals surface area contributed by atoms with Crippen molar-refractivity contribution in [2.45, 2.75) is 18.2 Å². The van der Waals surface area contributed by atoms with Crippen molar-refractivity contribution in [3.8, 4) is 0 Å². The molecule has 0 unspecified atom stereocenters. The topological polar surface area (TPSA) is 80.8 Å². The van der Waals surface area contributed by atoms with E-state index in [0.29, 0.717) is 24.1 Å². The maximum absolute atomic E-state index is 12.4. The van der Waals surface area contributed by atoms with Crippen LogP contribution in [0.25, 0.3) is 0 Å². The Morgan fingerprint density at radius 2 is 2.05 bits per heavy atom. The molecule has 1 amide bonds. The molecule has 6 nitrogen and oxygen atoms in total. The van der Waals surface area contributed by atoms with Crippen LogP contribution >= 0.6 is 0 Å². The minimum Gasteiger partial charge on any atom is -0.468 e. The van der Waals surface area contributed by atoms with Crippen LogP contribution in [0.4, 0.5) is 0 Å². The number of rotatable bonds is 3. The molecule has 1 aromatic rings. The molecule has 0 saturated heterocycles. The van der Waals surface area contributed by atoms with Crippen LogP contribution in [0.5, 0.6) is 0 Å². The molecule has 21 heavy (non-hydrogen) atoms. The van der Waals surface area contributed by atoms with Crippen LogP contribution in [0.1, 0.15) is 21.5 Å². The lowest BCUT2D eigenvalue weighted by Crippen LogP contribution is -2.41. The summed E-state index contributed by atoms with van der Waals surface area (Å²) in [5.74, 6) is -0.839. The van der Waals surface area contributed by atoms with Crippen molar-refractivity contribution in [1.82, 2.24) is 4.90 Å². The molecule has 1 aliphatic rings. The quantitative estimate of drug-likeness (QED) is 0.762. The van der Waals surface area contributed by atoms with E-state index in [0.717, 1.165) is 11.8 Å². The van der Waals surface area contributed by atoms with Crippen LogP contribution in [0.2, 0.25) is 0 Å². The van der Waals surface area contributed by atoms with E-state index in [1.165, 1.54) is 18.1 Å². The number of amides is 1. The Labute approximate surface area is 123 Å². The summed E-state index contributed by atoms with van der Waals surface area (Å²) in [7, 11) is -2.14. The van der Waals surface area contributed by atoms with E-state index in [1.54, 1.807) is 13.0 Å². The third kappa shape index (κ3) is 3.07. The number of esters is 1. The fourth-order valence-electron chi connectivity index (χ4n) is 2.45. The smallest absolute Gasteiger partial charge is 0.325 e. The predicted molar refractivity (Wildman–Crippen MR) is 75.9 cm³/mol. The summed E-state index contributed by atoms with van der Waals surface area (Å²) < 4.78 is 28.1. The first-order valence-corrected chi connectivity index (χ1v) is 8.33. The Morgan fingerprint density at radius 1 is 1.38 bits per heavy atom. The van der Waals surface area contributed by atoms with Crippen LogP contribution in [0.15, 0.2) is 17.0 Å². The lowest BCUT2D eigenvalue weighted by molar-refractivity contribution is -0.141. The average Bonchev–Trinajstić information content (AvgIpc) is 2.40. The number of carbonyl (C=O) groups is 2. The van der Waals surface area contributed by atoms with Crippen LogP contribution in [0.3, 0.4) is 0 Å². The summed E-state index contributed by atoms with van der Waals surface area (Å²) in [5.41, 5.74) is 1.78. The van der Waals surface area contributed by atoms with Crippen LogP contribution < -0.4 is 0 Å². The Balaban J connectivity index is 2.43. The van der Waals surface area contributed by atoms with Gasteiger partial charge in [0.25, 0.3) is 5.91 Å². The van der Waals surface area contributed by atoms with Crippen molar-refractivity contribution >= 4 is 21.7 Å². The summed E-state index contributed by atoms with van der Waals surface area (Å²) in [6.07, 6.45) is 1.70. The molecule has 0 aromatic heterocycles. The van der Waals surface area contributed by atoms with Gasteiger partial charge in [0.1, 0.15) is 6.54 Å². The molecule has 0 saturated carbocycles. The zero-order chi connectivity index (χ0) is 15.8. The minimum atomic E-state index is -3.40. The van der Waals surface area contributed by atoms with Crippen LogP contribution in [0, 0.1) is 6.92 Å². The fourth-order valence-corrected chi connectivity index (χ4v) is 3.43. The van der Waals surface area contributed by atoms with Crippen molar-refractivity contribution in [3.05, 3.63) is 28.8 Å². The molecule has 114 valence electrons. The normalized spacial score (nSPS) is 14.8. The Kier molecular flexibility index (Phi) is 4.04. The molecule has 7 heteroatoms. The molecular formula is C14H17NO5S. The molecule has 1 aromatic carbocycles. The van der Waals surface area contributed by atoms with E-state index in [1.807, 2.05) is 0 Å². The van der Waals surface area contributed by atoms with Crippen molar-refractivity contribution in [1.29, 1.82) is 0 Å². The van der Waals surface area contributed by atoms with Gasteiger partial charge in [0, 0.05) is 18.4 Å². The third-order valence-electron chi connectivity index (χ3n) is 3.52. The predicted octanol–water partition coefficient (Wildman–Crippen LogP) is 0.570. The van der Waals surface area contributed by atoms with Gasteiger partial charge in [-0.1, -0.05) is 6.07 Å². The molecule has 0 atom stereocenters. The first-order valence-electron chi connectivity index (χ1n) is 6.43. The van der Waals surface area contributed by atoms with E-state index in [2.05, 4.69) is 4.74 Å². The van der Waals surface area contributed by atoms with Gasteiger partial charge in [0.2, 0.25) is 0 Å². The van der Waals surface area contributed by atoms with Crippen LogP contribution in [-0.2, 0) is 25.8 Å². The van der Waals surface area contributed by atoms with E-state index in [-0.39, 0.29) is 17.3 Å². The summed E-state index contributed by atoms with van der Waals surface area (Å²) in [4.78, 5) is 25.2. The highest BCUT2D eigenvalue weighted by Gasteiger charge is 2.28. The minimum absolute atomic E-state index is 0.128. The monoisotopic (exact) mass is 311 g/mol. The standard InChI is InChI=1S/C14H17NO5S/c1-9-6-10-4-5-15(8-13(16)20-2)14(17)11(10)7-12(9)21(3,18)19/h6-7H,4-5,8H2,1-3H3. The van der Waals surface area contributed by atoms with Gasteiger partial charge in [-0.15, -0.1) is 0 Å². The Bertz CT molecular complexity index is 708. The zero-order valence-electron chi connectivity index (χ0n) is 12.2. The molecule has 0 N–H and O–H groups in total. The maximum atomic E-state index is 12.4. The van der Waals surface area contributed by atoms with Crippen molar-refractivity contribution in [2.75, 3.05) is 26.5 Å². The number of carbonyl (C=O) groups excluding carboxylic acids is 2. The van der Waals surface area contributed by atoms with E-state index in [9.17, 15) is 18.0 Å². The first-order chi connectivity index (χ1) is 9.74. The Hall–Kier alpha value is -1.89. The third-order valence-corrected chi connectivity index (χ3v) is 4.76. The maximum Gasteiger partial charge on any atom is 0.325 e. The first kappa shape index (κ1) is 15.5. The summed E-state index contributed by atoms with van der Waals surface area (Å²) in [6, 6.07) is 3.14.